The Balaban J connectivity index is 1.84. The molecule has 2 heterocycles. The number of thioether (sulfide) groups is 1. The van der Waals surface area contributed by atoms with Crippen LogP contribution in [0.4, 0.5) is 5.69 Å². The molecule has 0 aliphatic carbocycles. The highest BCUT2D eigenvalue weighted by molar-refractivity contribution is 7.99. The summed E-state index contributed by atoms with van der Waals surface area (Å²) in [5, 5.41) is 4.41. The van der Waals surface area contributed by atoms with Crippen molar-refractivity contribution in [3.05, 3.63) is 30.2 Å². The van der Waals surface area contributed by atoms with E-state index < -0.39 is 0 Å². The van der Waals surface area contributed by atoms with Gasteiger partial charge in [-0.3, -0.25) is 0 Å². The van der Waals surface area contributed by atoms with Gasteiger partial charge in [-0.25, -0.2) is 0 Å². The zero-order valence-electron chi connectivity index (χ0n) is 10.0. The van der Waals surface area contributed by atoms with Gasteiger partial charge in [0.2, 0.25) is 11.7 Å². The molecule has 94 valence electrons. The Kier molecular flexibility index (Phi) is 3.23. The van der Waals surface area contributed by atoms with Crippen LogP contribution in [0.15, 0.2) is 28.8 Å². The first-order valence-electron chi connectivity index (χ1n) is 6.14. The minimum absolute atomic E-state index is 0.362. The van der Waals surface area contributed by atoms with Crippen LogP contribution >= 0.6 is 11.8 Å². The van der Waals surface area contributed by atoms with Crippen LogP contribution in [0.1, 0.15) is 30.4 Å². The number of nitrogen functional groups attached to an aromatic ring is 1. The zero-order chi connectivity index (χ0) is 12.4. The monoisotopic (exact) mass is 261 g/mol. The van der Waals surface area contributed by atoms with Crippen molar-refractivity contribution >= 4 is 17.4 Å². The van der Waals surface area contributed by atoms with Crippen LogP contribution in [-0.4, -0.2) is 15.9 Å². The number of hydrogen-bond acceptors (Lipinski definition) is 5. The van der Waals surface area contributed by atoms with Gasteiger partial charge in [0.05, 0.1) is 5.25 Å². The van der Waals surface area contributed by atoms with Crippen LogP contribution in [-0.2, 0) is 0 Å². The lowest BCUT2D eigenvalue weighted by Crippen LogP contribution is -2.02. The van der Waals surface area contributed by atoms with Gasteiger partial charge in [-0.15, -0.1) is 11.8 Å². The molecule has 1 aliphatic heterocycles. The van der Waals surface area contributed by atoms with Crippen LogP contribution in [0.5, 0.6) is 0 Å². The summed E-state index contributed by atoms with van der Waals surface area (Å²) in [6.45, 7) is 0. The Labute approximate surface area is 110 Å². The fraction of sp³-hybridized carbons (Fsp3) is 0.385. The highest BCUT2D eigenvalue weighted by atomic mass is 32.2. The van der Waals surface area contributed by atoms with Gasteiger partial charge < -0.3 is 10.3 Å². The van der Waals surface area contributed by atoms with Crippen LogP contribution in [0.2, 0.25) is 0 Å². The summed E-state index contributed by atoms with van der Waals surface area (Å²) in [5.41, 5.74) is 7.38. The summed E-state index contributed by atoms with van der Waals surface area (Å²) in [7, 11) is 0. The summed E-state index contributed by atoms with van der Waals surface area (Å²) in [4.78, 5) is 4.49. The predicted octanol–water partition coefficient (Wildman–Crippen LogP) is 3.28. The average molecular weight is 261 g/mol. The van der Waals surface area contributed by atoms with Crippen molar-refractivity contribution < 1.29 is 4.52 Å². The third-order valence-electron chi connectivity index (χ3n) is 3.04. The molecule has 1 aromatic heterocycles. The van der Waals surface area contributed by atoms with Gasteiger partial charge in [0.15, 0.2) is 0 Å². The van der Waals surface area contributed by atoms with E-state index in [1.807, 2.05) is 36.0 Å². The van der Waals surface area contributed by atoms with Crippen LogP contribution in [0.3, 0.4) is 0 Å². The molecule has 0 amide bonds. The molecule has 0 spiro atoms. The van der Waals surface area contributed by atoms with Gasteiger partial charge in [0.1, 0.15) is 0 Å². The molecule has 3 rings (SSSR count). The van der Waals surface area contributed by atoms with E-state index in [9.17, 15) is 0 Å². The van der Waals surface area contributed by atoms with E-state index in [0.29, 0.717) is 16.8 Å². The lowest BCUT2D eigenvalue weighted by atomic mass is 10.2. The second kappa shape index (κ2) is 5.02. The molecule has 4 nitrogen and oxygen atoms in total. The van der Waals surface area contributed by atoms with Gasteiger partial charge in [-0.05, 0) is 30.7 Å². The standard InChI is InChI=1S/C13H15N3OS/c14-10-5-3-4-9(8-10)12-15-13(17-16-12)11-6-1-2-7-18-11/h3-5,8,11H,1-2,6-7,14H2. The van der Waals surface area contributed by atoms with Gasteiger partial charge in [0.25, 0.3) is 0 Å². The Bertz CT molecular complexity index is 535. The quantitative estimate of drug-likeness (QED) is 0.840. The summed E-state index contributed by atoms with van der Waals surface area (Å²) in [6, 6.07) is 7.55. The maximum atomic E-state index is 5.76. The van der Waals surface area contributed by atoms with Gasteiger partial charge in [0, 0.05) is 11.3 Å². The van der Waals surface area contributed by atoms with E-state index in [0.717, 1.165) is 17.9 Å². The van der Waals surface area contributed by atoms with Gasteiger partial charge in [-0.2, -0.15) is 4.98 Å². The molecule has 1 aliphatic rings. The number of benzene rings is 1. The molecular weight excluding hydrogens is 246 g/mol. The number of nitrogens with two attached hydrogens (primary N) is 1. The molecule has 1 aromatic carbocycles. The highest BCUT2D eigenvalue weighted by Crippen LogP contribution is 2.37. The summed E-state index contributed by atoms with van der Waals surface area (Å²) >= 11 is 1.91. The van der Waals surface area contributed by atoms with Crippen LogP contribution in [0, 0.1) is 0 Å². The molecule has 1 fully saturated rings. The Morgan fingerprint density at radius 1 is 1.33 bits per heavy atom. The lowest BCUT2D eigenvalue weighted by molar-refractivity contribution is 0.370. The molecule has 2 N–H and O–H groups in total. The third kappa shape index (κ3) is 2.36. The van der Waals surface area contributed by atoms with Crippen molar-refractivity contribution in [2.45, 2.75) is 24.5 Å². The molecule has 18 heavy (non-hydrogen) atoms. The van der Waals surface area contributed by atoms with Crippen molar-refractivity contribution in [1.29, 1.82) is 0 Å². The molecule has 1 atom stereocenters. The summed E-state index contributed by atoms with van der Waals surface area (Å²) in [5.74, 6) is 2.56. The van der Waals surface area contributed by atoms with Crippen molar-refractivity contribution in [2.75, 3.05) is 11.5 Å². The van der Waals surface area contributed by atoms with Crippen LogP contribution < -0.4 is 5.73 Å². The SMILES string of the molecule is Nc1cccc(-c2noc(C3CCCCS3)n2)c1. The van der Waals surface area contributed by atoms with Crippen molar-refractivity contribution in [3.8, 4) is 11.4 Å². The molecular formula is C13H15N3OS. The van der Waals surface area contributed by atoms with E-state index in [1.54, 1.807) is 0 Å². The molecule has 2 aromatic rings. The van der Waals surface area contributed by atoms with Crippen LogP contribution in [0.25, 0.3) is 11.4 Å². The number of rotatable bonds is 2. The van der Waals surface area contributed by atoms with Gasteiger partial charge >= 0.3 is 0 Å². The normalized spacial score (nSPS) is 19.9. The number of aromatic nitrogens is 2. The third-order valence-corrected chi connectivity index (χ3v) is 4.41. The fourth-order valence-electron chi connectivity index (χ4n) is 2.10. The maximum Gasteiger partial charge on any atom is 0.240 e. The first kappa shape index (κ1) is 11.6. The Morgan fingerprint density at radius 2 is 2.28 bits per heavy atom. The zero-order valence-corrected chi connectivity index (χ0v) is 10.8. The first-order valence-corrected chi connectivity index (χ1v) is 7.19. The smallest absolute Gasteiger partial charge is 0.240 e. The molecule has 1 unspecified atom stereocenters. The number of nitrogens with zero attached hydrogens (tertiary/aromatic N) is 2. The maximum absolute atomic E-state index is 5.76. The molecule has 1 saturated heterocycles. The minimum atomic E-state index is 0.362. The average Bonchev–Trinajstić information content (AvgIpc) is 2.89. The second-order valence-corrected chi connectivity index (χ2v) is 5.75. The first-order chi connectivity index (χ1) is 8.83. The topological polar surface area (TPSA) is 64.9 Å². The molecule has 5 heteroatoms. The molecule has 0 saturated carbocycles. The predicted molar refractivity (Wildman–Crippen MR) is 73.2 cm³/mol. The fourth-order valence-corrected chi connectivity index (χ4v) is 3.32. The molecule has 0 radical (unpaired) electrons. The van der Waals surface area contributed by atoms with E-state index >= 15 is 0 Å². The lowest BCUT2D eigenvalue weighted by Gasteiger charge is -2.16. The van der Waals surface area contributed by atoms with Crippen molar-refractivity contribution in [1.82, 2.24) is 10.1 Å². The largest absolute Gasteiger partial charge is 0.399 e. The Hall–Kier alpha value is -1.49. The minimum Gasteiger partial charge on any atom is -0.399 e. The van der Waals surface area contributed by atoms with Crippen molar-refractivity contribution in [2.24, 2.45) is 0 Å². The number of anilines is 1. The van der Waals surface area contributed by atoms with E-state index in [1.165, 1.54) is 18.6 Å². The second-order valence-electron chi connectivity index (χ2n) is 4.44. The summed E-state index contributed by atoms with van der Waals surface area (Å²) in [6.07, 6.45) is 3.66. The van der Waals surface area contributed by atoms with E-state index in [-0.39, 0.29) is 0 Å². The van der Waals surface area contributed by atoms with E-state index in [4.69, 9.17) is 10.3 Å². The van der Waals surface area contributed by atoms with E-state index in [2.05, 4.69) is 10.1 Å². The van der Waals surface area contributed by atoms with Crippen molar-refractivity contribution in [3.63, 3.8) is 0 Å². The Morgan fingerprint density at radius 3 is 3.06 bits per heavy atom. The van der Waals surface area contributed by atoms with Gasteiger partial charge in [-0.1, -0.05) is 23.7 Å². The molecule has 0 bridgehead atoms. The highest BCUT2D eigenvalue weighted by Gasteiger charge is 2.22. The number of hydrogen-bond donors (Lipinski definition) is 1. The summed E-state index contributed by atoms with van der Waals surface area (Å²) < 4.78 is 5.38.